The van der Waals surface area contributed by atoms with E-state index >= 15 is 0 Å². The van der Waals surface area contributed by atoms with Gasteiger partial charge in [-0.05, 0) is 38.9 Å². The monoisotopic (exact) mass is 264 g/mol. The Kier molecular flexibility index (Phi) is 16.2. The summed E-state index contributed by atoms with van der Waals surface area (Å²) in [6, 6.07) is 0. The van der Waals surface area contributed by atoms with E-state index in [1.54, 1.807) is 0 Å². The first-order valence-electron chi connectivity index (χ1n) is 6.07. The van der Waals surface area contributed by atoms with Crippen LogP contribution < -0.4 is 17.0 Å². The first kappa shape index (κ1) is 16.9. The van der Waals surface area contributed by atoms with Crippen LogP contribution in [0.25, 0.3) is 0 Å². The Morgan fingerprint density at radius 1 is 0.643 bits per heavy atom. The molecule has 0 rings (SSSR count). The van der Waals surface area contributed by atoms with Gasteiger partial charge in [0.15, 0.2) is 0 Å². The number of hydrogen-bond donors (Lipinski definition) is 0. The maximum atomic E-state index is 2.64. The maximum Gasteiger partial charge on any atom is -0.00188 e. The average molecular weight is 265 g/mol. The van der Waals surface area contributed by atoms with Crippen LogP contribution in [0.1, 0.15) is 59.3 Å². The molecule has 0 N–H and O–H groups in total. The highest BCUT2D eigenvalue weighted by Crippen LogP contribution is 2.01. The normalized spacial score (nSPS) is 10.3. The van der Waals surface area contributed by atoms with Crippen LogP contribution in [0.5, 0.6) is 0 Å². The summed E-state index contributed by atoms with van der Waals surface area (Å²) in [4.78, 5) is 2.64. The lowest BCUT2D eigenvalue weighted by Crippen LogP contribution is -3.00. The summed E-state index contributed by atoms with van der Waals surface area (Å²) in [5, 5.41) is 0. The first-order chi connectivity index (χ1) is 6.35. The fourth-order valence-corrected chi connectivity index (χ4v) is 1.48. The molecule has 14 heavy (non-hydrogen) atoms. The zero-order chi connectivity index (χ0) is 9.94. The van der Waals surface area contributed by atoms with Gasteiger partial charge in [-0.1, -0.05) is 40.0 Å². The Bertz CT molecular complexity index is 77.3. The molecule has 0 spiro atoms. The summed E-state index contributed by atoms with van der Waals surface area (Å²) in [5.41, 5.74) is 0. The molecule has 0 aliphatic carbocycles. The minimum atomic E-state index is 0. The van der Waals surface area contributed by atoms with Gasteiger partial charge in [-0.15, -0.1) is 0 Å². The predicted octanol–water partition coefficient (Wildman–Crippen LogP) is 0.693. The number of unbranched alkanes of at least 4 members (excludes halogenated alkanes) is 3. The Hall–Kier alpha value is 0.440. The smallest absolute Gasteiger partial charge is 0.00188 e. The van der Waals surface area contributed by atoms with E-state index in [1.807, 2.05) is 0 Å². The van der Waals surface area contributed by atoms with Crippen LogP contribution in [0.4, 0.5) is 0 Å². The topological polar surface area (TPSA) is 3.24 Å². The molecular weight excluding hydrogens is 238 g/mol. The Morgan fingerprint density at radius 3 is 1.14 bits per heavy atom. The highest BCUT2D eigenvalue weighted by Gasteiger charge is 2.01. The van der Waals surface area contributed by atoms with Gasteiger partial charge >= 0.3 is 0 Å². The van der Waals surface area contributed by atoms with E-state index in [-0.39, 0.29) is 17.0 Å². The fourth-order valence-electron chi connectivity index (χ4n) is 1.48. The predicted molar refractivity (Wildman–Crippen MR) is 61.2 cm³/mol. The quantitative estimate of drug-likeness (QED) is 0.593. The van der Waals surface area contributed by atoms with Gasteiger partial charge in [0, 0.05) is 0 Å². The molecule has 0 aliphatic rings. The lowest BCUT2D eigenvalue weighted by Gasteiger charge is -2.21. The second kappa shape index (κ2) is 13.4. The summed E-state index contributed by atoms with van der Waals surface area (Å²) < 4.78 is 0. The summed E-state index contributed by atoms with van der Waals surface area (Å²) in [6.07, 6.45) is 8.09. The molecule has 0 saturated carbocycles. The summed E-state index contributed by atoms with van der Waals surface area (Å²) >= 11 is 0. The van der Waals surface area contributed by atoms with Crippen LogP contribution in [0.15, 0.2) is 0 Å². The van der Waals surface area contributed by atoms with Crippen molar-refractivity contribution in [3.63, 3.8) is 0 Å². The van der Waals surface area contributed by atoms with Crippen molar-refractivity contribution >= 4 is 0 Å². The van der Waals surface area contributed by atoms with E-state index in [9.17, 15) is 0 Å². The van der Waals surface area contributed by atoms with Crippen LogP contribution in [0.2, 0.25) is 0 Å². The molecule has 0 saturated heterocycles. The highest BCUT2D eigenvalue weighted by atomic mass is 79.9. The van der Waals surface area contributed by atoms with Crippen molar-refractivity contribution in [2.75, 3.05) is 19.6 Å². The van der Waals surface area contributed by atoms with Gasteiger partial charge in [0.1, 0.15) is 0 Å². The molecule has 0 unspecified atom stereocenters. The van der Waals surface area contributed by atoms with E-state index in [0.29, 0.717) is 0 Å². The molecule has 0 aliphatic heterocycles. The number of halogens is 1. The second-order valence-corrected chi connectivity index (χ2v) is 3.90. The fraction of sp³-hybridized carbons (Fsp3) is 1.00. The summed E-state index contributed by atoms with van der Waals surface area (Å²) in [6.45, 7) is 10.8. The zero-order valence-electron chi connectivity index (χ0n) is 10.2. The molecule has 0 aromatic heterocycles. The highest BCUT2D eigenvalue weighted by molar-refractivity contribution is 4.57. The van der Waals surface area contributed by atoms with E-state index in [2.05, 4.69) is 25.7 Å². The number of rotatable bonds is 9. The van der Waals surface area contributed by atoms with Crippen molar-refractivity contribution in [3.05, 3.63) is 0 Å². The van der Waals surface area contributed by atoms with Crippen molar-refractivity contribution in [1.29, 1.82) is 0 Å². The second-order valence-electron chi connectivity index (χ2n) is 3.90. The minimum Gasteiger partial charge on any atom is -1.00 e. The van der Waals surface area contributed by atoms with E-state index < -0.39 is 0 Å². The van der Waals surface area contributed by atoms with Gasteiger partial charge in [0.25, 0.3) is 0 Å². The molecule has 1 nitrogen and oxygen atoms in total. The molecule has 0 atom stereocenters. The van der Waals surface area contributed by atoms with Gasteiger partial charge in [0.05, 0.1) is 0 Å². The van der Waals surface area contributed by atoms with Crippen molar-refractivity contribution in [2.24, 2.45) is 0 Å². The Morgan fingerprint density at radius 2 is 0.929 bits per heavy atom. The molecule has 0 radical (unpaired) electrons. The molecule has 0 amide bonds. The SMILES string of the molecule is CCCCN(CCCC)CCCC.[Br-]. The van der Waals surface area contributed by atoms with E-state index in [4.69, 9.17) is 0 Å². The van der Waals surface area contributed by atoms with Crippen LogP contribution in [-0.2, 0) is 0 Å². The van der Waals surface area contributed by atoms with Crippen molar-refractivity contribution in [1.82, 2.24) is 4.90 Å². The lowest BCUT2D eigenvalue weighted by atomic mass is 10.2. The molecule has 0 fully saturated rings. The van der Waals surface area contributed by atoms with Gasteiger partial charge in [0.2, 0.25) is 0 Å². The molecule has 0 bridgehead atoms. The number of nitrogens with zero attached hydrogens (tertiary/aromatic N) is 1. The minimum absolute atomic E-state index is 0. The molecule has 0 aromatic rings. The van der Waals surface area contributed by atoms with Crippen LogP contribution in [0, 0.1) is 0 Å². The molecule has 88 valence electrons. The molecular formula is C12H27BrN-. The third-order valence-electron chi connectivity index (χ3n) is 2.48. The molecule has 2 heteroatoms. The Balaban J connectivity index is 0. The van der Waals surface area contributed by atoms with Gasteiger partial charge in [-0.25, -0.2) is 0 Å². The zero-order valence-corrected chi connectivity index (χ0v) is 11.8. The lowest BCUT2D eigenvalue weighted by molar-refractivity contribution is -0.00000306. The third-order valence-corrected chi connectivity index (χ3v) is 2.48. The largest absolute Gasteiger partial charge is 1.00 e. The molecule has 0 aromatic carbocycles. The summed E-state index contributed by atoms with van der Waals surface area (Å²) in [5.74, 6) is 0. The average Bonchev–Trinajstić information content (AvgIpc) is 2.17. The van der Waals surface area contributed by atoms with Gasteiger partial charge in [-0.2, -0.15) is 0 Å². The van der Waals surface area contributed by atoms with E-state index in [1.165, 1.54) is 58.2 Å². The van der Waals surface area contributed by atoms with Crippen molar-refractivity contribution in [2.45, 2.75) is 59.3 Å². The van der Waals surface area contributed by atoms with Gasteiger partial charge < -0.3 is 21.9 Å². The maximum absolute atomic E-state index is 2.64. The Labute approximate surface area is 101 Å². The van der Waals surface area contributed by atoms with E-state index in [0.717, 1.165) is 0 Å². The van der Waals surface area contributed by atoms with Gasteiger partial charge in [-0.3, -0.25) is 0 Å². The third kappa shape index (κ3) is 10.5. The van der Waals surface area contributed by atoms with Crippen molar-refractivity contribution < 1.29 is 17.0 Å². The number of hydrogen-bond acceptors (Lipinski definition) is 1. The van der Waals surface area contributed by atoms with Crippen LogP contribution in [-0.4, -0.2) is 24.5 Å². The van der Waals surface area contributed by atoms with Crippen LogP contribution >= 0.6 is 0 Å². The standard InChI is InChI=1S/C12H27N.BrH/c1-4-7-10-13(11-8-5-2)12-9-6-3;/h4-12H2,1-3H3;1H/p-1. The molecule has 0 heterocycles. The van der Waals surface area contributed by atoms with Crippen molar-refractivity contribution in [3.8, 4) is 0 Å². The van der Waals surface area contributed by atoms with Crippen LogP contribution in [0.3, 0.4) is 0 Å². The summed E-state index contributed by atoms with van der Waals surface area (Å²) in [7, 11) is 0. The first-order valence-corrected chi connectivity index (χ1v) is 6.07.